The number of carboxylic acids is 1. The van der Waals surface area contributed by atoms with E-state index in [1.54, 1.807) is 6.08 Å². The van der Waals surface area contributed by atoms with Gasteiger partial charge in [0, 0.05) is 11.0 Å². The second-order valence-electron chi connectivity index (χ2n) is 5.26. The number of hydrogen-bond donors (Lipinski definition) is 2. The first kappa shape index (κ1) is 14.8. The molecule has 2 N–H and O–H groups in total. The zero-order valence-corrected chi connectivity index (χ0v) is 12.3. The molecule has 0 aromatic carbocycles. The fraction of sp³-hybridized carbons (Fsp3) is 0.467. The van der Waals surface area contributed by atoms with Crippen LogP contribution in [-0.2, 0) is 9.59 Å². The number of thiophene rings is 1. The molecule has 2 atom stereocenters. The minimum Gasteiger partial charge on any atom is -0.479 e. The number of hydrogen-bond acceptors (Lipinski definition) is 3. The Bertz CT molecular complexity index is 509. The molecule has 4 nitrogen and oxygen atoms in total. The lowest BCUT2D eigenvalue weighted by Crippen LogP contribution is -2.59. The maximum absolute atomic E-state index is 12.0. The molecule has 0 saturated heterocycles. The number of carboxylic acid groups (broad SMARTS) is 1. The Hall–Kier alpha value is -1.62. The number of carbonyl (C=O) groups excluding carboxylic acids is 1. The Kier molecular flexibility index (Phi) is 4.60. The van der Waals surface area contributed by atoms with E-state index >= 15 is 0 Å². The second-order valence-corrected chi connectivity index (χ2v) is 6.24. The highest BCUT2D eigenvalue weighted by molar-refractivity contribution is 7.10. The van der Waals surface area contributed by atoms with Gasteiger partial charge in [-0.2, -0.15) is 0 Å². The minimum absolute atomic E-state index is 0.0483. The van der Waals surface area contributed by atoms with Gasteiger partial charge in [0.1, 0.15) is 5.54 Å². The number of aliphatic carboxylic acids is 1. The third-order valence-electron chi connectivity index (χ3n) is 3.97. The van der Waals surface area contributed by atoms with Crippen molar-refractivity contribution in [3.8, 4) is 0 Å². The predicted octanol–water partition coefficient (Wildman–Crippen LogP) is 2.91. The van der Waals surface area contributed by atoms with Crippen molar-refractivity contribution in [2.75, 3.05) is 0 Å². The van der Waals surface area contributed by atoms with Crippen LogP contribution in [0.5, 0.6) is 0 Å². The first-order valence-electron chi connectivity index (χ1n) is 6.82. The molecule has 1 fully saturated rings. The normalized spacial score (nSPS) is 26.6. The van der Waals surface area contributed by atoms with E-state index in [0.29, 0.717) is 6.42 Å². The molecule has 5 heteroatoms. The van der Waals surface area contributed by atoms with E-state index in [-0.39, 0.29) is 11.8 Å². The van der Waals surface area contributed by atoms with Crippen molar-refractivity contribution in [2.24, 2.45) is 5.92 Å². The molecule has 20 heavy (non-hydrogen) atoms. The largest absolute Gasteiger partial charge is 0.479 e. The summed E-state index contributed by atoms with van der Waals surface area (Å²) in [5.74, 6) is -1.31. The van der Waals surface area contributed by atoms with Gasteiger partial charge in [-0.3, -0.25) is 4.79 Å². The van der Waals surface area contributed by atoms with E-state index in [0.717, 1.165) is 24.1 Å². The summed E-state index contributed by atoms with van der Waals surface area (Å²) in [7, 11) is 0. The molecule has 1 heterocycles. The molecule has 0 bridgehead atoms. The average Bonchev–Trinajstić information content (AvgIpc) is 2.92. The van der Waals surface area contributed by atoms with Crippen LogP contribution in [0, 0.1) is 5.92 Å². The van der Waals surface area contributed by atoms with Crippen LogP contribution in [0.3, 0.4) is 0 Å². The van der Waals surface area contributed by atoms with E-state index in [1.165, 1.54) is 17.4 Å². The summed E-state index contributed by atoms with van der Waals surface area (Å²) in [6, 6.07) is 3.81. The molecule has 2 unspecified atom stereocenters. The highest BCUT2D eigenvalue weighted by atomic mass is 32.1. The van der Waals surface area contributed by atoms with Gasteiger partial charge in [0.15, 0.2) is 0 Å². The van der Waals surface area contributed by atoms with Gasteiger partial charge in [-0.1, -0.05) is 25.8 Å². The van der Waals surface area contributed by atoms with Gasteiger partial charge < -0.3 is 10.4 Å². The first-order chi connectivity index (χ1) is 9.54. The molecule has 0 radical (unpaired) electrons. The maximum Gasteiger partial charge on any atom is 0.329 e. The molecule has 108 valence electrons. The molecule has 0 aliphatic heterocycles. The van der Waals surface area contributed by atoms with E-state index in [9.17, 15) is 14.7 Å². The highest BCUT2D eigenvalue weighted by Gasteiger charge is 2.45. The van der Waals surface area contributed by atoms with Gasteiger partial charge in [-0.05, 0) is 36.3 Å². The van der Waals surface area contributed by atoms with Gasteiger partial charge in [-0.15, -0.1) is 11.3 Å². The Morgan fingerprint density at radius 1 is 1.50 bits per heavy atom. The molecule has 1 aliphatic carbocycles. The minimum atomic E-state index is -1.12. The Morgan fingerprint density at radius 3 is 2.90 bits per heavy atom. The Labute approximate surface area is 122 Å². The molecule has 1 amide bonds. The molecular weight excluding hydrogens is 274 g/mol. The molecule has 1 aliphatic rings. The summed E-state index contributed by atoms with van der Waals surface area (Å²) in [5, 5.41) is 14.2. The number of amides is 1. The third kappa shape index (κ3) is 3.10. The van der Waals surface area contributed by atoms with Crippen LogP contribution in [0.2, 0.25) is 0 Å². The fourth-order valence-corrected chi connectivity index (χ4v) is 3.33. The van der Waals surface area contributed by atoms with E-state index in [2.05, 4.69) is 5.32 Å². The van der Waals surface area contributed by atoms with Gasteiger partial charge in [0.05, 0.1) is 0 Å². The molecule has 0 spiro atoms. The summed E-state index contributed by atoms with van der Waals surface area (Å²) in [6.45, 7) is 1.90. The lowest BCUT2D eigenvalue weighted by atomic mass is 9.73. The fourth-order valence-electron chi connectivity index (χ4n) is 2.71. The number of rotatable bonds is 4. The van der Waals surface area contributed by atoms with Crippen LogP contribution in [0.1, 0.15) is 37.5 Å². The number of carbonyl (C=O) groups is 2. The van der Waals surface area contributed by atoms with E-state index in [4.69, 9.17) is 0 Å². The molecule has 1 saturated carbocycles. The maximum atomic E-state index is 12.0. The van der Waals surface area contributed by atoms with Crippen molar-refractivity contribution in [1.29, 1.82) is 0 Å². The topological polar surface area (TPSA) is 66.4 Å². The summed E-state index contributed by atoms with van der Waals surface area (Å²) >= 11 is 1.53. The standard InChI is InChI=1S/C15H19NO3S/c1-11-5-2-3-9-15(11,14(18)19)16-13(17)8-7-12-6-4-10-20-12/h4,6-8,10-11H,2-3,5,9H2,1H3,(H,16,17)(H,18,19)/b8-7+. The van der Waals surface area contributed by atoms with Gasteiger partial charge in [-0.25, -0.2) is 4.79 Å². The van der Waals surface area contributed by atoms with Crippen molar-refractivity contribution in [1.82, 2.24) is 5.32 Å². The zero-order chi connectivity index (χ0) is 14.6. The lowest BCUT2D eigenvalue weighted by Gasteiger charge is -2.39. The lowest BCUT2D eigenvalue weighted by molar-refractivity contribution is -0.151. The van der Waals surface area contributed by atoms with Crippen molar-refractivity contribution >= 4 is 29.3 Å². The highest BCUT2D eigenvalue weighted by Crippen LogP contribution is 2.34. The summed E-state index contributed by atoms with van der Waals surface area (Å²) in [6.07, 6.45) is 6.33. The zero-order valence-electron chi connectivity index (χ0n) is 11.5. The summed E-state index contributed by atoms with van der Waals surface area (Å²) in [4.78, 5) is 24.6. The van der Waals surface area contributed by atoms with E-state index in [1.807, 2.05) is 24.4 Å². The molecule has 1 aromatic heterocycles. The van der Waals surface area contributed by atoms with Crippen molar-refractivity contribution in [2.45, 2.75) is 38.1 Å². The van der Waals surface area contributed by atoms with Crippen LogP contribution in [0.25, 0.3) is 6.08 Å². The Balaban J connectivity index is 2.08. The third-order valence-corrected chi connectivity index (χ3v) is 4.81. The first-order valence-corrected chi connectivity index (χ1v) is 7.70. The van der Waals surface area contributed by atoms with Crippen LogP contribution >= 0.6 is 11.3 Å². The van der Waals surface area contributed by atoms with Gasteiger partial charge in [0.2, 0.25) is 5.91 Å². The quantitative estimate of drug-likeness (QED) is 0.839. The SMILES string of the molecule is CC1CCCCC1(NC(=O)/C=C/c1cccs1)C(=O)O. The van der Waals surface area contributed by atoms with Crippen molar-refractivity contribution in [3.63, 3.8) is 0 Å². The van der Waals surface area contributed by atoms with Crippen LogP contribution in [0.4, 0.5) is 0 Å². The Morgan fingerprint density at radius 2 is 2.30 bits per heavy atom. The van der Waals surface area contributed by atoms with Crippen molar-refractivity contribution < 1.29 is 14.7 Å². The van der Waals surface area contributed by atoms with Crippen molar-refractivity contribution in [3.05, 3.63) is 28.5 Å². The molecular formula is C15H19NO3S. The number of nitrogens with one attached hydrogen (secondary N) is 1. The second kappa shape index (κ2) is 6.22. The summed E-state index contributed by atoms with van der Waals surface area (Å²) < 4.78 is 0. The smallest absolute Gasteiger partial charge is 0.329 e. The van der Waals surface area contributed by atoms with Gasteiger partial charge >= 0.3 is 5.97 Å². The van der Waals surface area contributed by atoms with Crippen LogP contribution < -0.4 is 5.32 Å². The van der Waals surface area contributed by atoms with Gasteiger partial charge in [0.25, 0.3) is 0 Å². The average molecular weight is 293 g/mol. The van der Waals surface area contributed by atoms with Crippen LogP contribution in [0.15, 0.2) is 23.6 Å². The molecule has 2 rings (SSSR count). The van der Waals surface area contributed by atoms with Crippen LogP contribution in [-0.4, -0.2) is 22.5 Å². The molecule has 1 aromatic rings. The predicted molar refractivity (Wildman–Crippen MR) is 79.5 cm³/mol. The van der Waals surface area contributed by atoms with E-state index < -0.39 is 11.5 Å². The monoisotopic (exact) mass is 293 g/mol. The summed E-state index contributed by atoms with van der Waals surface area (Å²) in [5.41, 5.74) is -1.12.